The van der Waals surface area contributed by atoms with Crippen LogP contribution >= 0.6 is 0 Å². The van der Waals surface area contributed by atoms with Gasteiger partial charge in [0.15, 0.2) is 12.1 Å². The van der Waals surface area contributed by atoms with Crippen LogP contribution in [0, 0.1) is 0 Å². The first kappa shape index (κ1) is 15.1. The maximum absolute atomic E-state index is 11.1. The molecule has 0 saturated carbocycles. The van der Waals surface area contributed by atoms with Gasteiger partial charge in [0.2, 0.25) is 0 Å². The van der Waals surface area contributed by atoms with Gasteiger partial charge in [0.1, 0.15) is 18.8 Å². The van der Waals surface area contributed by atoms with Gasteiger partial charge in [-0.2, -0.15) is 0 Å². The molecule has 1 heterocycles. The van der Waals surface area contributed by atoms with E-state index in [1.54, 1.807) is 13.8 Å². The predicted molar refractivity (Wildman–Crippen MR) is 62.0 cm³/mol. The summed E-state index contributed by atoms with van der Waals surface area (Å²) in [6.45, 7) is 5.69. The molecule has 0 radical (unpaired) electrons. The summed E-state index contributed by atoms with van der Waals surface area (Å²) in [5, 5.41) is 0. The van der Waals surface area contributed by atoms with Crippen molar-refractivity contribution in [1.82, 2.24) is 0 Å². The molecular formula is C12H20O6. The van der Waals surface area contributed by atoms with E-state index < -0.39 is 24.0 Å². The van der Waals surface area contributed by atoms with E-state index in [0.29, 0.717) is 19.3 Å². The zero-order valence-corrected chi connectivity index (χ0v) is 11.0. The number of hydrogen-bond donors (Lipinski definition) is 0. The summed E-state index contributed by atoms with van der Waals surface area (Å²) in [6.07, 6.45) is 0.185. The van der Waals surface area contributed by atoms with Crippen LogP contribution < -0.4 is 0 Å². The van der Waals surface area contributed by atoms with Gasteiger partial charge in [-0.05, 0) is 20.3 Å². The van der Waals surface area contributed by atoms with E-state index in [4.69, 9.17) is 18.9 Å². The van der Waals surface area contributed by atoms with E-state index in [-0.39, 0.29) is 13.2 Å². The molecule has 1 aliphatic rings. The van der Waals surface area contributed by atoms with Crippen LogP contribution in [-0.4, -0.2) is 50.1 Å². The lowest BCUT2D eigenvalue weighted by molar-refractivity contribution is -0.169. The van der Waals surface area contributed by atoms with Gasteiger partial charge in [-0.25, -0.2) is 4.79 Å². The van der Waals surface area contributed by atoms with Crippen molar-refractivity contribution in [2.45, 2.75) is 45.2 Å². The number of ether oxygens (including phenoxy) is 4. The van der Waals surface area contributed by atoms with Crippen LogP contribution in [0.2, 0.25) is 0 Å². The minimum absolute atomic E-state index is 0.123. The Morgan fingerprint density at radius 1 is 1.39 bits per heavy atom. The first-order chi connectivity index (χ1) is 8.54. The number of esters is 1. The minimum atomic E-state index is -0.760. The van der Waals surface area contributed by atoms with Crippen molar-refractivity contribution in [1.29, 1.82) is 0 Å². The molecule has 0 aliphatic carbocycles. The summed E-state index contributed by atoms with van der Waals surface area (Å²) in [5.74, 6) is -1.19. The fourth-order valence-electron chi connectivity index (χ4n) is 1.65. The average Bonchev–Trinajstić information content (AvgIpc) is 2.67. The van der Waals surface area contributed by atoms with Crippen LogP contribution in [-0.2, 0) is 28.5 Å². The molecule has 0 aromatic carbocycles. The van der Waals surface area contributed by atoms with Gasteiger partial charge >= 0.3 is 5.97 Å². The molecule has 1 fully saturated rings. The van der Waals surface area contributed by atoms with E-state index >= 15 is 0 Å². The lowest BCUT2D eigenvalue weighted by Crippen LogP contribution is -2.30. The Balaban J connectivity index is 2.37. The van der Waals surface area contributed by atoms with Crippen molar-refractivity contribution in [2.75, 3.05) is 19.8 Å². The number of aldehydes is 1. The average molecular weight is 260 g/mol. The molecule has 6 nitrogen and oxygen atoms in total. The Labute approximate surface area is 107 Å². The molecule has 0 aromatic heterocycles. The molecule has 3 atom stereocenters. The zero-order chi connectivity index (χ0) is 13.6. The second-order valence-electron chi connectivity index (χ2n) is 4.18. The molecule has 0 N–H and O–H groups in total. The van der Waals surface area contributed by atoms with Gasteiger partial charge in [-0.15, -0.1) is 0 Å². The SMILES string of the molecule is CCOC(=O)COC[C@@H]1OC(C)(CC)O[C@@H]1C=O. The van der Waals surface area contributed by atoms with E-state index in [0.717, 1.165) is 0 Å². The first-order valence-corrected chi connectivity index (χ1v) is 6.09. The van der Waals surface area contributed by atoms with Gasteiger partial charge in [0.05, 0.1) is 13.2 Å². The van der Waals surface area contributed by atoms with Crippen LogP contribution in [0.1, 0.15) is 27.2 Å². The van der Waals surface area contributed by atoms with Crippen molar-refractivity contribution in [3.63, 3.8) is 0 Å². The largest absolute Gasteiger partial charge is 0.464 e. The highest BCUT2D eigenvalue weighted by atomic mass is 16.8. The Kier molecular flexibility index (Phi) is 5.71. The number of carbonyl (C=O) groups is 2. The number of carbonyl (C=O) groups excluding carboxylic acids is 2. The monoisotopic (exact) mass is 260 g/mol. The quantitative estimate of drug-likeness (QED) is 0.495. The van der Waals surface area contributed by atoms with E-state index in [9.17, 15) is 9.59 Å². The third-order valence-electron chi connectivity index (χ3n) is 2.74. The van der Waals surface area contributed by atoms with Crippen molar-refractivity contribution in [2.24, 2.45) is 0 Å². The highest BCUT2D eigenvalue weighted by Crippen LogP contribution is 2.30. The lowest BCUT2D eigenvalue weighted by Gasteiger charge is -2.20. The lowest BCUT2D eigenvalue weighted by atomic mass is 10.2. The second kappa shape index (κ2) is 6.82. The van der Waals surface area contributed by atoms with Gasteiger partial charge in [-0.1, -0.05) is 6.92 Å². The zero-order valence-electron chi connectivity index (χ0n) is 11.0. The molecule has 0 bridgehead atoms. The Bertz CT molecular complexity index is 292. The predicted octanol–water partition coefficient (Wildman–Crippen LogP) is 0.675. The smallest absolute Gasteiger partial charge is 0.332 e. The summed E-state index contributed by atoms with van der Waals surface area (Å²) in [7, 11) is 0. The van der Waals surface area contributed by atoms with Crippen molar-refractivity contribution < 1.29 is 28.5 Å². The molecule has 0 aromatic rings. The Hall–Kier alpha value is -0.980. The summed E-state index contributed by atoms with van der Waals surface area (Å²) in [5.41, 5.74) is 0. The molecule has 6 heteroatoms. The summed E-state index contributed by atoms with van der Waals surface area (Å²) in [6, 6.07) is 0. The van der Waals surface area contributed by atoms with E-state index in [1.165, 1.54) is 0 Å². The Morgan fingerprint density at radius 3 is 2.67 bits per heavy atom. The Morgan fingerprint density at radius 2 is 2.11 bits per heavy atom. The molecule has 1 rings (SSSR count). The topological polar surface area (TPSA) is 71.1 Å². The van der Waals surface area contributed by atoms with Crippen molar-refractivity contribution in [3.05, 3.63) is 0 Å². The molecule has 1 aliphatic heterocycles. The maximum atomic E-state index is 11.1. The minimum Gasteiger partial charge on any atom is -0.464 e. The van der Waals surface area contributed by atoms with Crippen LogP contribution in [0.3, 0.4) is 0 Å². The van der Waals surface area contributed by atoms with Crippen LogP contribution in [0.25, 0.3) is 0 Å². The third-order valence-corrected chi connectivity index (χ3v) is 2.74. The number of hydrogen-bond acceptors (Lipinski definition) is 6. The van der Waals surface area contributed by atoms with Crippen LogP contribution in [0.4, 0.5) is 0 Å². The highest BCUT2D eigenvalue weighted by molar-refractivity contribution is 5.70. The van der Waals surface area contributed by atoms with Crippen molar-refractivity contribution >= 4 is 12.3 Å². The first-order valence-electron chi connectivity index (χ1n) is 6.09. The summed E-state index contributed by atoms with van der Waals surface area (Å²) >= 11 is 0. The molecule has 0 spiro atoms. The molecule has 104 valence electrons. The van der Waals surface area contributed by atoms with E-state index in [2.05, 4.69) is 0 Å². The van der Waals surface area contributed by atoms with Crippen LogP contribution in [0.5, 0.6) is 0 Å². The normalized spacial score (nSPS) is 31.3. The summed E-state index contributed by atoms with van der Waals surface area (Å²) in [4.78, 5) is 21.9. The fraction of sp³-hybridized carbons (Fsp3) is 0.833. The molecule has 18 heavy (non-hydrogen) atoms. The number of rotatable bonds is 7. The summed E-state index contributed by atoms with van der Waals surface area (Å²) < 4.78 is 21.0. The van der Waals surface area contributed by atoms with Gasteiger partial charge in [0.25, 0.3) is 0 Å². The maximum Gasteiger partial charge on any atom is 0.332 e. The molecule has 1 saturated heterocycles. The van der Waals surface area contributed by atoms with Crippen LogP contribution in [0.15, 0.2) is 0 Å². The molecule has 0 amide bonds. The van der Waals surface area contributed by atoms with Crippen molar-refractivity contribution in [3.8, 4) is 0 Å². The van der Waals surface area contributed by atoms with E-state index in [1.807, 2.05) is 6.92 Å². The fourth-order valence-corrected chi connectivity index (χ4v) is 1.65. The third kappa shape index (κ3) is 4.04. The van der Waals surface area contributed by atoms with Gasteiger partial charge in [0, 0.05) is 0 Å². The molecule has 1 unspecified atom stereocenters. The second-order valence-corrected chi connectivity index (χ2v) is 4.18. The standard InChI is InChI=1S/C12H20O6/c1-4-12(3)17-9(6-13)10(18-12)7-15-8-11(14)16-5-2/h6,9-10H,4-5,7-8H2,1-3H3/t9-,10+,12?/m1/s1. The molecular weight excluding hydrogens is 240 g/mol. The highest BCUT2D eigenvalue weighted by Gasteiger charge is 2.43. The van der Waals surface area contributed by atoms with Gasteiger partial charge in [-0.3, -0.25) is 0 Å². The van der Waals surface area contributed by atoms with Gasteiger partial charge < -0.3 is 23.7 Å².